The van der Waals surface area contributed by atoms with Gasteiger partial charge < -0.3 is 19.4 Å². The predicted molar refractivity (Wildman–Crippen MR) is 116 cm³/mol. The van der Waals surface area contributed by atoms with Gasteiger partial charge in [0.15, 0.2) is 0 Å². The minimum absolute atomic E-state index is 0.240. The zero-order valence-corrected chi connectivity index (χ0v) is 18.6. The first-order valence-corrected chi connectivity index (χ1v) is 11.3. The van der Waals surface area contributed by atoms with Gasteiger partial charge in [-0.15, -0.1) is 0 Å². The molecule has 2 amide bonds. The second-order valence-corrected chi connectivity index (χ2v) is 10.1. The molecule has 0 N–H and O–H groups in total. The number of piperidine rings is 1. The van der Waals surface area contributed by atoms with E-state index in [0.29, 0.717) is 30.0 Å². The van der Waals surface area contributed by atoms with Gasteiger partial charge in [-0.1, -0.05) is 26.0 Å². The van der Waals surface area contributed by atoms with Crippen molar-refractivity contribution in [3.63, 3.8) is 0 Å². The Balaban J connectivity index is 1.42. The van der Waals surface area contributed by atoms with Gasteiger partial charge in [0.05, 0.1) is 6.61 Å². The van der Waals surface area contributed by atoms with Crippen LogP contribution in [0.4, 0.5) is 4.79 Å². The Kier molecular flexibility index (Phi) is 5.78. The average Bonchev–Trinajstić information content (AvgIpc) is 3.45. The lowest BCUT2D eigenvalue weighted by molar-refractivity contribution is 0.0408. The first-order chi connectivity index (χ1) is 13.8. The van der Waals surface area contributed by atoms with E-state index in [1.54, 1.807) is 0 Å². The summed E-state index contributed by atoms with van der Waals surface area (Å²) in [6, 6.07) is 9.47. The predicted octanol–water partition coefficient (Wildman–Crippen LogP) is 4.22. The number of ether oxygens (including phenoxy) is 1. The van der Waals surface area contributed by atoms with Crippen molar-refractivity contribution in [1.29, 1.82) is 0 Å². The third-order valence-electron chi connectivity index (χ3n) is 7.01. The number of rotatable bonds is 6. The number of likely N-dealkylation sites (tertiary alicyclic amines) is 1. The number of carbonyl (C=O) groups is 1. The molecule has 1 aliphatic carbocycles. The first kappa shape index (κ1) is 20.5. The van der Waals surface area contributed by atoms with Crippen LogP contribution in [0.5, 0.6) is 5.75 Å². The molecule has 2 aliphatic heterocycles. The molecular weight excluding hydrogens is 362 g/mol. The summed E-state index contributed by atoms with van der Waals surface area (Å²) in [5.41, 5.74) is 1.53. The summed E-state index contributed by atoms with van der Waals surface area (Å²) < 4.78 is 5.80. The van der Waals surface area contributed by atoms with Gasteiger partial charge in [0.1, 0.15) is 5.75 Å². The van der Waals surface area contributed by atoms with Gasteiger partial charge in [-0.25, -0.2) is 4.79 Å². The lowest BCUT2D eigenvalue weighted by Crippen LogP contribution is -2.59. The fourth-order valence-corrected chi connectivity index (χ4v) is 4.76. The molecule has 160 valence electrons. The fraction of sp³-hybridized carbons (Fsp3) is 0.708. The molecular formula is C24H37N3O2. The second-order valence-electron chi connectivity index (χ2n) is 10.1. The van der Waals surface area contributed by atoms with E-state index < -0.39 is 0 Å². The van der Waals surface area contributed by atoms with Crippen molar-refractivity contribution in [3.05, 3.63) is 29.8 Å². The summed E-state index contributed by atoms with van der Waals surface area (Å²) in [6.45, 7) is 11.0. The molecule has 2 heterocycles. The van der Waals surface area contributed by atoms with Crippen LogP contribution in [0.2, 0.25) is 0 Å². The van der Waals surface area contributed by atoms with Crippen molar-refractivity contribution in [2.45, 2.75) is 65.1 Å². The second kappa shape index (κ2) is 8.17. The van der Waals surface area contributed by atoms with Crippen molar-refractivity contribution in [3.8, 4) is 5.75 Å². The molecule has 5 heteroatoms. The number of carbonyl (C=O) groups excluding carboxylic acids is 1. The molecule has 0 bridgehead atoms. The standard InChI is InChI=1S/C24H37N3O2/c1-18(2)15-29-22-7-5-20(6-8-22)14-26-16-24(10-11-24)17-27(23(26)28)21-9-12-25(4)19(3)13-21/h5-8,18-19,21H,9-17H2,1-4H3/t19-,21?/m1/s1. The molecule has 2 saturated heterocycles. The van der Waals surface area contributed by atoms with Crippen LogP contribution >= 0.6 is 0 Å². The molecule has 1 spiro atoms. The van der Waals surface area contributed by atoms with Crippen LogP contribution in [0.3, 0.4) is 0 Å². The van der Waals surface area contributed by atoms with Gasteiger partial charge in [-0.05, 0) is 63.3 Å². The monoisotopic (exact) mass is 399 g/mol. The van der Waals surface area contributed by atoms with E-state index in [9.17, 15) is 4.79 Å². The summed E-state index contributed by atoms with van der Waals surface area (Å²) >= 11 is 0. The summed E-state index contributed by atoms with van der Waals surface area (Å²) in [4.78, 5) is 20.1. The molecule has 1 saturated carbocycles. The van der Waals surface area contributed by atoms with Crippen molar-refractivity contribution >= 4 is 6.03 Å². The Bertz CT molecular complexity index is 713. The highest BCUT2D eigenvalue weighted by Gasteiger charge is 2.52. The molecule has 29 heavy (non-hydrogen) atoms. The summed E-state index contributed by atoms with van der Waals surface area (Å²) in [5.74, 6) is 1.43. The van der Waals surface area contributed by atoms with Crippen molar-refractivity contribution < 1.29 is 9.53 Å². The van der Waals surface area contributed by atoms with E-state index in [1.165, 1.54) is 18.4 Å². The van der Waals surface area contributed by atoms with Crippen molar-refractivity contribution in [2.24, 2.45) is 11.3 Å². The Morgan fingerprint density at radius 3 is 2.52 bits per heavy atom. The quantitative estimate of drug-likeness (QED) is 0.718. The summed E-state index contributed by atoms with van der Waals surface area (Å²) in [6.07, 6.45) is 4.71. The Morgan fingerprint density at radius 2 is 1.90 bits per heavy atom. The van der Waals surface area contributed by atoms with Gasteiger partial charge in [-0.3, -0.25) is 0 Å². The molecule has 0 aromatic heterocycles. The smallest absolute Gasteiger partial charge is 0.320 e. The molecule has 0 radical (unpaired) electrons. The van der Waals surface area contributed by atoms with Crippen LogP contribution in [-0.2, 0) is 6.54 Å². The van der Waals surface area contributed by atoms with E-state index in [2.05, 4.69) is 54.7 Å². The SMILES string of the molecule is CC(C)COc1ccc(CN2CC3(CC3)CN(C3CCN(C)[C@H](C)C3)C2=O)cc1. The number of hydrogen-bond donors (Lipinski definition) is 0. The van der Waals surface area contributed by atoms with Gasteiger partial charge in [0, 0.05) is 43.7 Å². The lowest BCUT2D eigenvalue weighted by atomic mass is 9.94. The van der Waals surface area contributed by atoms with E-state index in [-0.39, 0.29) is 6.03 Å². The third kappa shape index (κ3) is 4.71. The van der Waals surface area contributed by atoms with Crippen LogP contribution in [0.1, 0.15) is 52.0 Å². The van der Waals surface area contributed by atoms with Crippen LogP contribution in [0.15, 0.2) is 24.3 Å². The molecule has 5 nitrogen and oxygen atoms in total. The fourth-order valence-electron chi connectivity index (χ4n) is 4.76. The van der Waals surface area contributed by atoms with E-state index in [4.69, 9.17) is 4.74 Å². The number of hydrogen-bond acceptors (Lipinski definition) is 3. The number of urea groups is 1. The van der Waals surface area contributed by atoms with E-state index >= 15 is 0 Å². The molecule has 3 fully saturated rings. The summed E-state index contributed by atoms with van der Waals surface area (Å²) in [5, 5.41) is 0. The minimum atomic E-state index is 0.240. The van der Waals surface area contributed by atoms with Crippen LogP contribution in [-0.4, -0.2) is 66.1 Å². The Morgan fingerprint density at radius 1 is 1.17 bits per heavy atom. The zero-order chi connectivity index (χ0) is 20.6. The molecule has 1 aromatic rings. The maximum absolute atomic E-state index is 13.4. The van der Waals surface area contributed by atoms with Gasteiger partial charge in [0.2, 0.25) is 0 Å². The Labute approximate surface area is 176 Å². The van der Waals surface area contributed by atoms with Crippen LogP contribution < -0.4 is 4.74 Å². The number of benzene rings is 1. The largest absolute Gasteiger partial charge is 0.493 e. The topological polar surface area (TPSA) is 36.0 Å². The number of nitrogens with zero attached hydrogens (tertiary/aromatic N) is 3. The minimum Gasteiger partial charge on any atom is -0.493 e. The highest BCUT2D eigenvalue weighted by Crippen LogP contribution is 2.50. The van der Waals surface area contributed by atoms with Gasteiger partial charge in [-0.2, -0.15) is 0 Å². The van der Waals surface area contributed by atoms with Crippen LogP contribution in [0, 0.1) is 11.3 Å². The van der Waals surface area contributed by atoms with Crippen molar-refractivity contribution in [2.75, 3.05) is 33.3 Å². The maximum Gasteiger partial charge on any atom is 0.320 e. The van der Waals surface area contributed by atoms with Crippen molar-refractivity contribution in [1.82, 2.24) is 14.7 Å². The molecule has 3 aliphatic rings. The zero-order valence-electron chi connectivity index (χ0n) is 18.6. The maximum atomic E-state index is 13.4. The highest BCUT2D eigenvalue weighted by molar-refractivity contribution is 5.76. The molecule has 4 rings (SSSR count). The average molecular weight is 400 g/mol. The highest BCUT2D eigenvalue weighted by atomic mass is 16.5. The Hall–Kier alpha value is -1.75. The van der Waals surface area contributed by atoms with Gasteiger partial charge in [0.25, 0.3) is 0 Å². The number of amides is 2. The molecule has 2 atom stereocenters. The molecule has 1 unspecified atom stereocenters. The van der Waals surface area contributed by atoms with Crippen LogP contribution in [0.25, 0.3) is 0 Å². The van der Waals surface area contributed by atoms with E-state index in [1.807, 2.05) is 12.1 Å². The first-order valence-electron chi connectivity index (χ1n) is 11.3. The normalized spacial score (nSPS) is 27.0. The van der Waals surface area contributed by atoms with E-state index in [0.717, 1.165) is 44.8 Å². The lowest BCUT2D eigenvalue weighted by Gasteiger charge is -2.47. The third-order valence-corrected chi connectivity index (χ3v) is 7.01. The van der Waals surface area contributed by atoms with Gasteiger partial charge >= 0.3 is 6.03 Å². The molecule has 1 aromatic carbocycles. The summed E-state index contributed by atoms with van der Waals surface area (Å²) in [7, 11) is 2.20.